The number of fused-ring (bicyclic) bond motifs is 1. The quantitative estimate of drug-likeness (QED) is 0.540. The molecule has 27 heavy (non-hydrogen) atoms. The first kappa shape index (κ1) is 19.6. The molecule has 0 saturated heterocycles. The van der Waals surface area contributed by atoms with E-state index in [0.717, 1.165) is 36.8 Å². The highest BCUT2D eigenvalue weighted by Gasteiger charge is 2.29. The molecule has 1 amide bonds. The van der Waals surface area contributed by atoms with E-state index in [-0.39, 0.29) is 11.9 Å². The molecule has 1 aliphatic rings. The fourth-order valence-corrected chi connectivity index (χ4v) is 4.79. The van der Waals surface area contributed by atoms with E-state index in [4.69, 9.17) is 16.3 Å². The maximum atomic E-state index is 12.4. The molecule has 0 fully saturated rings. The second-order valence-corrected chi connectivity index (χ2v) is 8.13. The number of carbonyl (C=O) groups excluding carboxylic acids is 2. The Morgan fingerprint density at radius 2 is 2.07 bits per heavy atom. The average Bonchev–Trinajstić information content (AvgIpc) is 3.03. The molecular weight excluding hydrogens is 382 g/mol. The minimum absolute atomic E-state index is 0.277. The van der Waals surface area contributed by atoms with E-state index < -0.39 is 0 Å². The summed E-state index contributed by atoms with van der Waals surface area (Å²) in [6.45, 7) is 2.19. The van der Waals surface area contributed by atoms with Gasteiger partial charge >= 0.3 is 5.97 Å². The highest BCUT2D eigenvalue weighted by molar-refractivity contribution is 7.17. The van der Waals surface area contributed by atoms with Gasteiger partial charge in [-0.25, -0.2) is 4.79 Å². The Labute approximate surface area is 168 Å². The lowest BCUT2D eigenvalue weighted by Crippen LogP contribution is -2.15. The molecule has 3 rings (SSSR count). The van der Waals surface area contributed by atoms with Gasteiger partial charge in [0.2, 0.25) is 5.91 Å². The van der Waals surface area contributed by atoms with Crippen LogP contribution in [0.1, 0.15) is 46.1 Å². The number of methoxy groups -OCH3 is 1. The minimum atomic E-state index is -0.389. The van der Waals surface area contributed by atoms with Crippen LogP contribution in [0.4, 0.5) is 5.00 Å². The average molecular weight is 404 g/mol. The van der Waals surface area contributed by atoms with Crippen LogP contribution in [-0.2, 0) is 22.4 Å². The molecule has 0 radical (unpaired) electrons. The monoisotopic (exact) mass is 403 g/mol. The van der Waals surface area contributed by atoms with Gasteiger partial charge in [-0.2, -0.15) is 0 Å². The van der Waals surface area contributed by atoms with Crippen LogP contribution in [0.15, 0.2) is 30.3 Å². The number of nitrogens with one attached hydrogen (secondary N) is 1. The van der Waals surface area contributed by atoms with E-state index >= 15 is 0 Å². The van der Waals surface area contributed by atoms with Crippen molar-refractivity contribution in [3.05, 3.63) is 56.9 Å². The third-order valence-electron chi connectivity index (χ3n) is 4.87. The molecule has 2 aromatic rings. The van der Waals surface area contributed by atoms with Gasteiger partial charge in [-0.15, -0.1) is 11.3 Å². The lowest BCUT2D eigenvalue weighted by molar-refractivity contribution is -0.111. The van der Waals surface area contributed by atoms with E-state index in [1.54, 1.807) is 18.2 Å². The van der Waals surface area contributed by atoms with Gasteiger partial charge < -0.3 is 10.1 Å². The van der Waals surface area contributed by atoms with Crippen molar-refractivity contribution in [2.75, 3.05) is 12.4 Å². The second-order valence-electron chi connectivity index (χ2n) is 6.59. The lowest BCUT2D eigenvalue weighted by Gasteiger charge is -2.20. The van der Waals surface area contributed by atoms with Crippen molar-refractivity contribution in [3.63, 3.8) is 0 Å². The summed E-state index contributed by atoms with van der Waals surface area (Å²) in [5, 5.41) is 4.09. The molecule has 0 spiro atoms. The van der Waals surface area contributed by atoms with Crippen molar-refractivity contribution in [1.82, 2.24) is 0 Å². The Morgan fingerprint density at radius 1 is 1.33 bits per heavy atom. The van der Waals surface area contributed by atoms with Gasteiger partial charge in [0.1, 0.15) is 5.00 Å². The summed E-state index contributed by atoms with van der Waals surface area (Å²) < 4.78 is 4.96. The molecule has 0 bridgehead atoms. The van der Waals surface area contributed by atoms with Crippen molar-refractivity contribution in [1.29, 1.82) is 0 Å². The molecule has 1 N–H and O–H groups in total. The summed E-state index contributed by atoms with van der Waals surface area (Å²) in [6, 6.07) is 7.21. The van der Waals surface area contributed by atoms with Crippen molar-refractivity contribution in [2.45, 2.75) is 32.6 Å². The number of hydrogen-bond donors (Lipinski definition) is 1. The van der Waals surface area contributed by atoms with Crippen LogP contribution < -0.4 is 5.32 Å². The number of esters is 1. The first-order valence-electron chi connectivity index (χ1n) is 8.99. The summed E-state index contributed by atoms with van der Waals surface area (Å²) >= 11 is 7.36. The predicted molar refractivity (Wildman–Crippen MR) is 111 cm³/mol. The van der Waals surface area contributed by atoms with Gasteiger partial charge in [0.15, 0.2) is 0 Å². The number of amides is 1. The van der Waals surface area contributed by atoms with Crippen molar-refractivity contribution in [3.8, 4) is 0 Å². The SMILES string of the molecule is CC[C@@H]1CCc2c(sc(NC(=O)/C=C\c3ccc(Cl)cc3)c2C(=O)OC)C1. The fourth-order valence-electron chi connectivity index (χ4n) is 3.31. The number of thiophene rings is 1. The van der Waals surface area contributed by atoms with E-state index in [9.17, 15) is 9.59 Å². The van der Waals surface area contributed by atoms with Gasteiger partial charge in [-0.1, -0.05) is 37.1 Å². The Kier molecular flexibility index (Phi) is 6.34. The number of anilines is 1. The van der Waals surface area contributed by atoms with Crippen LogP contribution in [-0.4, -0.2) is 19.0 Å². The van der Waals surface area contributed by atoms with E-state index in [1.165, 1.54) is 29.4 Å². The second kappa shape index (κ2) is 8.72. The zero-order chi connectivity index (χ0) is 19.4. The highest BCUT2D eigenvalue weighted by atomic mass is 35.5. The van der Waals surface area contributed by atoms with Gasteiger partial charge in [-0.05, 0) is 54.5 Å². The summed E-state index contributed by atoms with van der Waals surface area (Å²) in [5.74, 6) is -0.0323. The zero-order valence-electron chi connectivity index (χ0n) is 15.4. The maximum absolute atomic E-state index is 12.4. The van der Waals surface area contributed by atoms with Gasteiger partial charge in [0.05, 0.1) is 12.7 Å². The van der Waals surface area contributed by atoms with Crippen LogP contribution in [0.5, 0.6) is 0 Å². The summed E-state index contributed by atoms with van der Waals surface area (Å²) in [4.78, 5) is 25.9. The summed E-state index contributed by atoms with van der Waals surface area (Å²) in [6.07, 6.45) is 7.16. The minimum Gasteiger partial charge on any atom is -0.465 e. The molecule has 142 valence electrons. The maximum Gasteiger partial charge on any atom is 0.341 e. The first-order chi connectivity index (χ1) is 13.0. The van der Waals surface area contributed by atoms with E-state index in [0.29, 0.717) is 21.5 Å². The fraction of sp³-hybridized carbons (Fsp3) is 0.333. The molecular formula is C21H22ClNO3S. The summed E-state index contributed by atoms with van der Waals surface area (Å²) in [5.41, 5.74) is 2.42. The molecule has 6 heteroatoms. The number of halogens is 1. The molecule has 0 saturated carbocycles. The molecule has 1 heterocycles. The third-order valence-corrected chi connectivity index (χ3v) is 6.29. The molecule has 0 aliphatic heterocycles. The topological polar surface area (TPSA) is 55.4 Å². The normalized spacial score (nSPS) is 16.2. The van der Waals surface area contributed by atoms with Crippen LogP contribution in [0.25, 0.3) is 6.08 Å². The summed E-state index contributed by atoms with van der Waals surface area (Å²) in [7, 11) is 1.37. The Hall–Kier alpha value is -2.11. The van der Waals surface area contributed by atoms with Gasteiger partial charge in [-0.3, -0.25) is 4.79 Å². The molecule has 0 unspecified atom stereocenters. The number of hydrogen-bond acceptors (Lipinski definition) is 4. The van der Waals surface area contributed by atoms with E-state index in [1.807, 2.05) is 12.1 Å². The molecule has 1 atom stereocenters. The molecule has 1 aliphatic carbocycles. The molecule has 4 nitrogen and oxygen atoms in total. The molecule has 1 aromatic carbocycles. The molecule has 1 aromatic heterocycles. The van der Waals surface area contributed by atoms with E-state index in [2.05, 4.69) is 12.2 Å². The Bertz CT molecular complexity index is 870. The first-order valence-corrected chi connectivity index (χ1v) is 10.2. The van der Waals surface area contributed by atoms with Crippen molar-refractivity contribution >= 4 is 45.9 Å². The number of carbonyl (C=O) groups is 2. The lowest BCUT2D eigenvalue weighted by atomic mass is 9.86. The van der Waals surface area contributed by atoms with Crippen molar-refractivity contribution in [2.24, 2.45) is 5.92 Å². The Morgan fingerprint density at radius 3 is 2.74 bits per heavy atom. The standard InChI is InChI=1S/C21H22ClNO3S/c1-3-13-6-10-16-17(12-13)27-20(19(16)21(25)26-2)23-18(24)11-7-14-4-8-15(22)9-5-14/h4-5,7-9,11,13H,3,6,10,12H2,1-2H3,(H,23,24)/b11-7-/t13-/m1/s1. The van der Waals surface area contributed by atoms with Crippen LogP contribution >= 0.6 is 22.9 Å². The van der Waals surface area contributed by atoms with Crippen LogP contribution in [0.3, 0.4) is 0 Å². The predicted octanol–water partition coefficient (Wildman–Crippen LogP) is 5.35. The van der Waals surface area contributed by atoms with Crippen LogP contribution in [0.2, 0.25) is 5.02 Å². The van der Waals surface area contributed by atoms with Gasteiger partial charge in [0, 0.05) is 16.0 Å². The number of benzene rings is 1. The van der Waals surface area contributed by atoms with Crippen molar-refractivity contribution < 1.29 is 14.3 Å². The number of rotatable bonds is 5. The zero-order valence-corrected chi connectivity index (χ0v) is 17.0. The van der Waals surface area contributed by atoms with Crippen LogP contribution in [0, 0.1) is 5.92 Å². The largest absolute Gasteiger partial charge is 0.465 e. The van der Waals surface area contributed by atoms with Gasteiger partial charge in [0.25, 0.3) is 0 Å². The number of ether oxygens (including phenoxy) is 1. The smallest absolute Gasteiger partial charge is 0.341 e. The highest BCUT2D eigenvalue weighted by Crippen LogP contribution is 2.40. The Balaban J connectivity index is 1.81. The third kappa shape index (κ3) is 4.60.